The van der Waals surface area contributed by atoms with Crippen LogP contribution in [-0.2, 0) is 28.2 Å². The van der Waals surface area contributed by atoms with Crippen molar-refractivity contribution in [3.63, 3.8) is 0 Å². The van der Waals surface area contributed by atoms with E-state index >= 15 is 0 Å². The van der Waals surface area contributed by atoms with E-state index in [4.69, 9.17) is 24.5 Å². The summed E-state index contributed by atoms with van der Waals surface area (Å²) in [6, 6.07) is -2.70. The van der Waals surface area contributed by atoms with Crippen molar-refractivity contribution in [2.75, 3.05) is 32.3 Å². The number of aromatic nitrogens is 4. The van der Waals surface area contributed by atoms with Crippen LogP contribution >= 0.6 is 18.1 Å². The number of rotatable bonds is 12. The predicted molar refractivity (Wildman–Crippen MR) is 152 cm³/mol. The number of nitrogens with zero attached hydrogens (tertiary/aromatic N) is 5. The first kappa shape index (κ1) is 32.8. The fraction of sp³-hybridized carbons (Fsp3) is 0.652. The zero-order valence-corrected chi connectivity index (χ0v) is 26.0. The Labute approximate surface area is 250 Å². The molecule has 4 heterocycles. The van der Waals surface area contributed by atoms with Gasteiger partial charge in [0.15, 0.2) is 17.4 Å². The van der Waals surface area contributed by atoms with E-state index in [1.807, 2.05) is 0 Å². The number of hydrogen-bond donors (Lipinski definition) is 5. The van der Waals surface area contributed by atoms with Crippen LogP contribution in [0.4, 0.5) is 10.7 Å². The molecule has 2 aromatic rings. The molecule has 238 valence electrons. The number of imide groups is 1. The number of urea groups is 1. The van der Waals surface area contributed by atoms with Crippen LogP contribution in [-0.4, -0.2) is 115 Å². The third kappa shape index (κ3) is 6.72. The SMILES string of the molecule is COc1nc(N)nc2c1ncn2[C@@H]1O[C@H](COP(=O)(N[C@@H](C)C(=O)OC(C)C)SC[C@H]2NC(=O)N(C)C2=O)[C@@H](O)[C@@]1(C)O. The summed E-state index contributed by atoms with van der Waals surface area (Å²) >= 11 is 0.677. The highest BCUT2D eigenvalue weighted by molar-refractivity contribution is 8.56. The highest BCUT2D eigenvalue weighted by atomic mass is 32.7. The number of anilines is 1. The van der Waals surface area contributed by atoms with Crippen LogP contribution in [0.2, 0.25) is 0 Å². The zero-order chi connectivity index (χ0) is 31.9. The minimum Gasteiger partial charge on any atom is -0.479 e. The second-order valence-electron chi connectivity index (χ2n) is 10.4. The Balaban J connectivity index is 1.53. The number of methoxy groups -OCH3 is 1. The predicted octanol–water partition coefficient (Wildman–Crippen LogP) is -0.236. The number of hydrogen-bond acceptors (Lipinski definition) is 15. The van der Waals surface area contributed by atoms with Gasteiger partial charge in [0.2, 0.25) is 11.8 Å². The lowest BCUT2D eigenvalue weighted by Crippen LogP contribution is -2.44. The Hall–Kier alpha value is -3.06. The highest BCUT2D eigenvalue weighted by Gasteiger charge is 2.54. The van der Waals surface area contributed by atoms with Crippen LogP contribution in [0, 0.1) is 0 Å². The third-order valence-corrected chi connectivity index (χ3v) is 10.8. The minimum absolute atomic E-state index is 0.0941. The number of imidazole rings is 1. The normalized spacial score (nSPS) is 27.9. The van der Waals surface area contributed by atoms with Crippen LogP contribution < -0.4 is 20.9 Å². The highest BCUT2D eigenvalue weighted by Crippen LogP contribution is 2.57. The summed E-state index contributed by atoms with van der Waals surface area (Å²) < 4.78 is 37.4. The molecule has 2 saturated heterocycles. The number of nitrogen functional groups attached to an aromatic ring is 1. The summed E-state index contributed by atoms with van der Waals surface area (Å²) in [7, 11) is 2.68. The van der Waals surface area contributed by atoms with Crippen molar-refractivity contribution in [3.05, 3.63) is 6.33 Å². The number of ether oxygens (including phenoxy) is 3. The van der Waals surface area contributed by atoms with Crippen LogP contribution in [0.3, 0.4) is 0 Å². The van der Waals surface area contributed by atoms with Gasteiger partial charge in [0.25, 0.3) is 5.91 Å². The molecule has 2 aromatic heterocycles. The summed E-state index contributed by atoms with van der Waals surface area (Å²) in [5.74, 6) is -1.42. The molecule has 6 N–H and O–H groups in total. The lowest BCUT2D eigenvalue weighted by molar-refractivity contribution is -0.149. The van der Waals surface area contributed by atoms with E-state index in [-0.39, 0.29) is 28.7 Å². The molecule has 18 nitrogen and oxygen atoms in total. The van der Waals surface area contributed by atoms with Crippen molar-refractivity contribution >= 4 is 53.1 Å². The van der Waals surface area contributed by atoms with Crippen LogP contribution in [0.5, 0.6) is 5.88 Å². The average molecular weight is 647 g/mol. The standard InChI is InChI=1S/C23H35N8O10PS/c1-10(2)40-19(34)11(3)29-42(37,43-8-12-18(33)30(5)22(35)26-12)39-7-13-15(32)23(4,36)20(41-13)31-9-25-14-16(31)27-21(24)28-17(14)38-6/h9-13,15,20,32,36H,7-8H2,1-6H3,(H,26,35)(H,29,37)(H2,24,27,28)/t11-,12+,13+,15+,20+,23+,42?/m0/s1. The van der Waals surface area contributed by atoms with Crippen LogP contribution in [0.15, 0.2) is 6.33 Å². The molecule has 0 aliphatic carbocycles. The van der Waals surface area contributed by atoms with Crippen molar-refractivity contribution < 1.29 is 47.9 Å². The van der Waals surface area contributed by atoms with Gasteiger partial charge < -0.3 is 40.0 Å². The first-order valence-corrected chi connectivity index (χ1v) is 16.3. The molecule has 2 aliphatic rings. The van der Waals surface area contributed by atoms with Crippen molar-refractivity contribution in [1.82, 2.24) is 34.8 Å². The topological polar surface area (TPSA) is 243 Å². The molecule has 0 aromatic carbocycles. The lowest BCUT2D eigenvalue weighted by atomic mass is 9.96. The Morgan fingerprint density at radius 3 is 2.65 bits per heavy atom. The van der Waals surface area contributed by atoms with E-state index in [1.165, 1.54) is 38.9 Å². The lowest BCUT2D eigenvalue weighted by Gasteiger charge is -2.27. The second-order valence-corrected chi connectivity index (χ2v) is 14.8. The number of aliphatic hydroxyl groups is 2. The summed E-state index contributed by atoms with van der Waals surface area (Å²) in [4.78, 5) is 49.9. The summed E-state index contributed by atoms with van der Waals surface area (Å²) in [6.07, 6.45) is -3.16. The number of aliphatic hydroxyl groups excluding tert-OH is 1. The monoisotopic (exact) mass is 646 g/mol. The number of nitrogens with one attached hydrogen (secondary N) is 2. The second kappa shape index (κ2) is 12.5. The van der Waals surface area contributed by atoms with Gasteiger partial charge in [-0.3, -0.25) is 23.6 Å². The minimum atomic E-state index is -4.05. The number of likely N-dealkylation sites (N-methyl/N-ethyl adjacent to an activating group) is 1. The fourth-order valence-electron chi connectivity index (χ4n) is 4.43. The Morgan fingerprint density at radius 2 is 2.05 bits per heavy atom. The van der Waals surface area contributed by atoms with Gasteiger partial charge in [0, 0.05) is 12.8 Å². The van der Waals surface area contributed by atoms with E-state index in [0.717, 1.165) is 4.90 Å². The largest absolute Gasteiger partial charge is 0.479 e. The maximum absolute atomic E-state index is 14.0. The van der Waals surface area contributed by atoms with Gasteiger partial charge in [-0.05, 0) is 27.7 Å². The van der Waals surface area contributed by atoms with Crippen molar-refractivity contribution in [3.8, 4) is 5.88 Å². The molecule has 0 saturated carbocycles. The van der Waals surface area contributed by atoms with Gasteiger partial charge in [-0.1, -0.05) is 11.4 Å². The third-order valence-electron chi connectivity index (χ3n) is 6.72. The van der Waals surface area contributed by atoms with Crippen molar-refractivity contribution in [2.45, 2.75) is 69.9 Å². The van der Waals surface area contributed by atoms with E-state index in [1.54, 1.807) is 13.8 Å². The number of carbonyl (C=O) groups is 3. The quantitative estimate of drug-likeness (QED) is 0.114. The van der Waals surface area contributed by atoms with E-state index < -0.39 is 73.5 Å². The Bertz CT molecular complexity index is 1440. The van der Waals surface area contributed by atoms with E-state index in [0.29, 0.717) is 11.4 Å². The van der Waals surface area contributed by atoms with Gasteiger partial charge in [-0.2, -0.15) is 9.97 Å². The molecule has 0 spiro atoms. The summed E-state index contributed by atoms with van der Waals surface area (Å²) in [6.45, 7) is 1.49. The molecular weight excluding hydrogens is 611 g/mol. The maximum atomic E-state index is 14.0. The first-order chi connectivity index (χ1) is 20.1. The summed E-state index contributed by atoms with van der Waals surface area (Å²) in [5.41, 5.74) is 4.27. The Morgan fingerprint density at radius 1 is 1.35 bits per heavy atom. The zero-order valence-electron chi connectivity index (χ0n) is 24.3. The average Bonchev–Trinajstić information content (AvgIpc) is 3.53. The number of esters is 1. The molecule has 2 aliphatic heterocycles. The molecule has 4 rings (SSSR count). The van der Waals surface area contributed by atoms with E-state index in [2.05, 4.69) is 25.4 Å². The van der Waals surface area contributed by atoms with Gasteiger partial charge in [0.05, 0.1) is 26.1 Å². The molecule has 0 radical (unpaired) electrons. The number of amides is 3. The van der Waals surface area contributed by atoms with Crippen molar-refractivity contribution in [1.29, 1.82) is 0 Å². The first-order valence-electron chi connectivity index (χ1n) is 13.1. The van der Waals surface area contributed by atoms with Gasteiger partial charge >= 0.3 is 18.7 Å². The van der Waals surface area contributed by atoms with Gasteiger partial charge in [0.1, 0.15) is 29.9 Å². The molecule has 1 unspecified atom stereocenters. The number of carbonyl (C=O) groups excluding carboxylic acids is 3. The van der Waals surface area contributed by atoms with Crippen LogP contribution in [0.25, 0.3) is 11.2 Å². The van der Waals surface area contributed by atoms with Crippen LogP contribution in [0.1, 0.15) is 33.9 Å². The van der Waals surface area contributed by atoms with Gasteiger partial charge in [-0.15, -0.1) is 0 Å². The number of nitrogens with two attached hydrogens (primary N) is 1. The maximum Gasteiger partial charge on any atom is 0.327 e. The molecule has 7 atom stereocenters. The smallest absolute Gasteiger partial charge is 0.327 e. The molecule has 2 fully saturated rings. The molecular formula is C23H35N8O10PS. The molecule has 43 heavy (non-hydrogen) atoms. The van der Waals surface area contributed by atoms with E-state index in [9.17, 15) is 29.2 Å². The van der Waals surface area contributed by atoms with Crippen molar-refractivity contribution in [2.24, 2.45) is 0 Å². The molecule has 20 heteroatoms. The summed E-state index contributed by atoms with van der Waals surface area (Å²) in [5, 5.41) is 27.4. The van der Waals surface area contributed by atoms with Gasteiger partial charge in [-0.25, -0.2) is 14.9 Å². The fourth-order valence-corrected chi connectivity index (χ4v) is 8.29. The number of fused-ring (bicyclic) bond motifs is 1. The molecule has 3 amide bonds. The Kier molecular flexibility index (Phi) is 9.55. The molecule has 0 bridgehead atoms.